The highest BCUT2D eigenvalue weighted by atomic mass is 16.3. The molecule has 3 saturated carbocycles. The monoisotopic (exact) mass is 548 g/mol. The van der Waals surface area contributed by atoms with Crippen molar-refractivity contribution >= 4 is 17.5 Å². The van der Waals surface area contributed by atoms with Crippen LogP contribution in [0.5, 0.6) is 0 Å². The molecular weight excluding hydrogens is 500 g/mol. The first-order chi connectivity index (χ1) is 18.4. The molecule has 0 aliphatic heterocycles. The number of fused-ring (bicyclic) bond motifs is 7. The number of nitriles is 1. The minimum atomic E-state index is -1.60. The molecule has 0 radical (unpaired) electrons. The highest BCUT2D eigenvalue weighted by Gasteiger charge is 2.75. The fourth-order valence-corrected chi connectivity index (χ4v) is 10.4. The molecule has 40 heavy (non-hydrogen) atoms. The van der Waals surface area contributed by atoms with Gasteiger partial charge in [0.2, 0.25) is 5.91 Å². The van der Waals surface area contributed by atoms with Crippen LogP contribution in [0.15, 0.2) is 23.3 Å². The molecule has 5 aliphatic rings. The first-order valence-electron chi connectivity index (χ1n) is 15.4. The van der Waals surface area contributed by atoms with Crippen molar-refractivity contribution in [2.24, 2.45) is 44.3 Å². The SMILES string of the molecule is CCCNC(=O)[C@@]1(C)CC[C@]2(C)CC[C@@]3(C)[C@]4(C)CC[C@H]5C(C)(C)C(=O)C(C#N)=C[C@]5(C)C4=CC(=O)[C@]3(O)[C@@H]2C1. The van der Waals surface area contributed by atoms with E-state index in [-0.39, 0.29) is 40.3 Å². The van der Waals surface area contributed by atoms with Crippen LogP contribution in [0.3, 0.4) is 0 Å². The Morgan fingerprint density at radius 3 is 2.30 bits per heavy atom. The number of hydrogen-bond donors (Lipinski definition) is 2. The van der Waals surface area contributed by atoms with Crippen LogP contribution in [0.25, 0.3) is 0 Å². The molecule has 6 heteroatoms. The van der Waals surface area contributed by atoms with Crippen molar-refractivity contribution < 1.29 is 19.5 Å². The fourth-order valence-electron chi connectivity index (χ4n) is 10.4. The standard InChI is InChI=1S/C34H48N2O4/c1-9-16-36-27(39)30(5)13-12-29(4)14-15-33(8)32(7)11-10-22-28(2,3)26(38)21(20-35)18-31(22,6)23(32)17-25(37)34(33,40)24(29)19-30/h17-18,22,24,40H,9-16,19H2,1-8H3,(H,36,39)/t22-,24+,29+,30-,31-,32+,33-,34+/m0/s1. The van der Waals surface area contributed by atoms with Crippen molar-refractivity contribution in [3.63, 3.8) is 0 Å². The van der Waals surface area contributed by atoms with Crippen LogP contribution in [0, 0.1) is 55.7 Å². The molecule has 1 amide bonds. The Labute approximate surface area is 240 Å². The van der Waals surface area contributed by atoms with E-state index < -0.39 is 32.7 Å². The number of ketones is 2. The molecule has 0 bridgehead atoms. The van der Waals surface area contributed by atoms with Crippen LogP contribution >= 0.6 is 0 Å². The highest BCUT2D eigenvalue weighted by Crippen LogP contribution is 2.75. The van der Waals surface area contributed by atoms with Gasteiger partial charge in [0.25, 0.3) is 0 Å². The topological polar surface area (TPSA) is 107 Å². The lowest BCUT2D eigenvalue weighted by molar-refractivity contribution is -0.242. The second kappa shape index (κ2) is 8.63. The van der Waals surface area contributed by atoms with Crippen molar-refractivity contribution in [2.75, 3.05) is 6.54 Å². The van der Waals surface area contributed by atoms with Crippen LogP contribution in [-0.2, 0) is 14.4 Å². The minimum absolute atomic E-state index is 0.0225. The van der Waals surface area contributed by atoms with Gasteiger partial charge in [-0.3, -0.25) is 14.4 Å². The van der Waals surface area contributed by atoms with Crippen molar-refractivity contribution in [3.05, 3.63) is 23.3 Å². The van der Waals surface area contributed by atoms with Crippen LogP contribution in [-0.4, -0.2) is 34.7 Å². The van der Waals surface area contributed by atoms with E-state index in [9.17, 15) is 24.8 Å². The third kappa shape index (κ3) is 3.33. The molecule has 2 N–H and O–H groups in total. The second-order valence-electron chi connectivity index (χ2n) is 15.7. The lowest BCUT2D eigenvalue weighted by Crippen LogP contribution is -2.74. The summed E-state index contributed by atoms with van der Waals surface area (Å²) in [6.45, 7) is 17.2. The van der Waals surface area contributed by atoms with E-state index in [0.717, 1.165) is 44.1 Å². The molecule has 5 aliphatic carbocycles. The average Bonchev–Trinajstić information content (AvgIpc) is 2.89. The summed E-state index contributed by atoms with van der Waals surface area (Å²) in [5.74, 6) is -0.745. The Kier molecular flexibility index (Phi) is 6.31. The van der Waals surface area contributed by atoms with E-state index in [1.165, 1.54) is 0 Å². The normalized spacial score (nSPS) is 47.4. The Morgan fingerprint density at radius 2 is 1.68 bits per heavy atom. The maximum absolute atomic E-state index is 14.5. The summed E-state index contributed by atoms with van der Waals surface area (Å²) in [4.78, 5) is 41.1. The molecular formula is C34H48N2O4. The summed E-state index contributed by atoms with van der Waals surface area (Å²) < 4.78 is 0. The Bertz CT molecular complexity index is 1290. The number of Topliss-reactive ketones (excluding diaryl/α,β-unsaturated/α-hetero) is 1. The molecule has 0 spiro atoms. The van der Waals surface area contributed by atoms with Crippen molar-refractivity contribution in [1.29, 1.82) is 5.26 Å². The van der Waals surface area contributed by atoms with Gasteiger partial charge >= 0.3 is 0 Å². The lowest BCUT2D eigenvalue weighted by atomic mass is 9.33. The average molecular weight is 549 g/mol. The van der Waals surface area contributed by atoms with Crippen LogP contribution in [0.2, 0.25) is 0 Å². The zero-order valence-corrected chi connectivity index (χ0v) is 25.8. The molecule has 5 rings (SSSR count). The molecule has 0 aromatic rings. The zero-order valence-electron chi connectivity index (χ0n) is 25.8. The third-order valence-corrected chi connectivity index (χ3v) is 13.3. The number of aliphatic hydroxyl groups is 1. The predicted octanol–water partition coefficient (Wildman–Crippen LogP) is 5.85. The van der Waals surface area contributed by atoms with E-state index in [4.69, 9.17) is 0 Å². The quantitative estimate of drug-likeness (QED) is 0.460. The Morgan fingerprint density at radius 1 is 1.02 bits per heavy atom. The van der Waals surface area contributed by atoms with Gasteiger partial charge < -0.3 is 10.4 Å². The number of carbonyl (C=O) groups excluding carboxylic acids is 3. The number of allylic oxidation sites excluding steroid dienone is 3. The van der Waals surface area contributed by atoms with Crippen molar-refractivity contribution in [2.45, 2.75) is 112 Å². The summed E-state index contributed by atoms with van der Waals surface area (Å²) in [5, 5.41) is 25.9. The zero-order chi connectivity index (χ0) is 29.7. The van der Waals surface area contributed by atoms with Gasteiger partial charge in [-0.25, -0.2) is 0 Å². The fraction of sp³-hybridized carbons (Fsp3) is 0.765. The smallest absolute Gasteiger partial charge is 0.225 e. The maximum atomic E-state index is 14.5. The molecule has 0 unspecified atom stereocenters. The number of amides is 1. The summed E-state index contributed by atoms with van der Waals surface area (Å²) in [6, 6.07) is 2.15. The first-order valence-corrected chi connectivity index (χ1v) is 15.4. The van der Waals surface area contributed by atoms with Crippen molar-refractivity contribution in [3.8, 4) is 6.07 Å². The van der Waals surface area contributed by atoms with Gasteiger partial charge in [0.15, 0.2) is 11.6 Å². The van der Waals surface area contributed by atoms with Gasteiger partial charge in [-0.15, -0.1) is 0 Å². The van der Waals surface area contributed by atoms with Gasteiger partial charge in [0.1, 0.15) is 11.7 Å². The lowest BCUT2D eigenvalue weighted by Gasteiger charge is -2.71. The number of nitrogens with one attached hydrogen (secondary N) is 1. The van der Waals surface area contributed by atoms with E-state index >= 15 is 0 Å². The predicted molar refractivity (Wildman–Crippen MR) is 154 cm³/mol. The van der Waals surface area contributed by atoms with Crippen LogP contribution < -0.4 is 5.32 Å². The van der Waals surface area contributed by atoms with E-state index in [1.807, 2.05) is 33.8 Å². The second-order valence-corrected chi connectivity index (χ2v) is 15.7. The van der Waals surface area contributed by atoms with E-state index in [0.29, 0.717) is 19.4 Å². The number of nitrogens with zero attached hydrogens (tertiary/aromatic N) is 1. The first kappa shape index (κ1) is 29.2. The van der Waals surface area contributed by atoms with Gasteiger partial charge in [-0.05, 0) is 79.8 Å². The maximum Gasteiger partial charge on any atom is 0.225 e. The largest absolute Gasteiger partial charge is 0.381 e. The van der Waals surface area contributed by atoms with Gasteiger partial charge in [-0.1, -0.05) is 61.5 Å². The molecule has 0 aromatic carbocycles. The molecule has 8 atom stereocenters. The highest BCUT2D eigenvalue weighted by molar-refractivity contribution is 6.05. The molecule has 3 fully saturated rings. The third-order valence-electron chi connectivity index (χ3n) is 13.3. The molecule has 0 saturated heterocycles. The number of hydrogen-bond acceptors (Lipinski definition) is 5. The summed E-state index contributed by atoms with van der Waals surface area (Å²) in [7, 11) is 0. The number of rotatable bonds is 3. The van der Waals surface area contributed by atoms with E-state index in [2.05, 4.69) is 39.1 Å². The summed E-state index contributed by atoms with van der Waals surface area (Å²) in [6.07, 6.45) is 9.58. The summed E-state index contributed by atoms with van der Waals surface area (Å²) >= 11 is 0. The van der Waals surface area contributed by atoms with Gasteiger partial charge in [-0.2, -0.15) is 5.26 Å². The van der Waals surface area contributed by atoms with Gasteiger partial charge in [0, 0.05) is 34.1 Å². The number of carbonyl (C=O) groups is 3. The molecule has 0 heterocycles. The minimum Gasteiger partial charge on any atom is -0.381 e. The van der Waals surface area contributed by atoms with Gasteiger partial charge in [0.05, 0.1) is 5.57 Å². The summed E-state index contributed by atoms with van der Waals surface area (Å²) in [5.41, 5.74) is -3.96. The molecule has 218 valence electrons. The van der Waals surface area contributed by atoms with Crippen LogP contribution in [0.1, 0.15) is 107 Å². The van der Waals surface area contributed by atoms with E-state index in [1.54, 1.807) is 6.08 Å². The molecule has 6 nitrogen and oxygen atoms in total. The van der Waals surface area contributed by atoms with Crippen LogP contribution in [0.4, 0.5) is 0 Å². The Hall–Kier alpha value is -2.26. The van der Waals surface area contributed by atoms with Crippen molar-refractivity contribution in [1.82, 2.24) is 5.32 Å². The molecule has 0 aromatic heterocycles. The Balaban J connectivity index is 1.66.